The molecule has 4 rings (SSSR count). The predicted octanol–water partition coefficient (Wildman–Crippen LogP) is 4.77. The minimum absolute atomic E-state index is 0.0126. The molecule has 172 valence electrons. The van der Waals surface area contributed by atoms with E-state index in [9.17, 15) is 23.1 Å². The van der Waals surface area contributed by atoms with Crippen LogP contribution in [0.15, 0.2) is 28.7 Å². The third kappa shape index (κ3) is 4.69. The van der Waals surface area contributed by atoms with Crippen LogP contribution in [0.3, 0.4) is 0 Å². The molecule has 1 aromatic carbocycles. The maximum absolute atomic E-state index is 13.0. The van der Waals surface area contributed by atoms with Crippen molar-refractivity contribution < 1.29 is 27.5 Å². The molecule has 32 heavy (non-hydrogen) atoms. The molecule has 0 aliphatic heterocycles. The predicted molar refractivity (Wildman–Crippen MR) is 113 cm³/mol. The highest BCUT2D eigenvalue weighted by Gasteiger charge is 2.33. The minimum Gasteiger partial charge on any atom is -0.506 e. The molecule has 1 aliphatic carbocycles. The van der Waals surface area contributed by atoms with Gasteiger partial charge in [-0.2, -0.15) is 13.2 Å². The van der Waals surface area contributed by atoms with E-state index in [1.165, 1.54) is 18.2 Å². The van der Waals surface area contributed by atoms with Crippen LogP contribution in [0.1, 0.15) is 61.5 Å². The van der Waals surface area contributed by atoms with Crippen LogP contribution in [0.2, 0.25) is 0 Å². The molecule has 0 spiro atoms. The van der Waals surface area contributed by atoms with Crippen LogP contribution in [-0.4, -0.2) is 27.0 Å². The van der Waals surface area contributed by atoms with Crippen LogP contribution in [-0.2, 0) is 12.7 Å². The number of nitrogens with zero attached hydrogens (tertiary/aromatic N) is 2. The van der Waals surface area contributed by atoms with Gasteiger partial charge in [-0.1, -0.05) is 26.7 Å². The molecule has 1 amide bonds. The Bertz CT molecular complexity index is 1110. The zero-order valence-electron chi connectivity index (χ0n) is 17.8. The molecule has 3 aromatic rings. The number of hydrogen-bond acceptors (Lipinski definition) is 6. The number of alkyl halides is 3. The van der Waals surface area contributed by atoms with Gasteiger partial charge in [0.1, 0.15) is 17.0 Å². The summed E-state index contributed by atoms with van der Waals surface area (Å²) in [6.07, 6.45) is -0.775. The van der Waals surface area contributed by atoms with Crippen LogP contribution in [0.5, 0.6) is 5.75 Å². The van der Waals surface area contributed by atoms with Crippen molar-refractivity contribution in [3.05, 3.63) is 41.4 Å². The Balaban J connectivity index is 0.00000141. The second kappa shape index (κ2) is 9.56. The summed E-state index contributed by atoms with van der Waals surface area (Å²) >= 11 is 0. The molecular formula is C22H25F3N4O3. The van der Waals surface area contributed by atoms with Crippen molar-refractivity contribution in [1.29, 1.82) is 0 Å². The quantitative estimate of drug-likeness (QED) is 0.528. The Morgan fingerprint density at radius 1 is 1.19 bits per heavy atom. The number of amides is 1. The van der Waals surface area contributed by atoms with E-state index in [4.69, 9.17) is 10.2 Å². The number of aromatic nitrogens is 2. The summed E-state index contributed by atoms with van der Waals surface area (Å²) < 4.78 is 44.6. The molecule has 4 N–H and O–H groups in total. The summed E-state index contributed by atoms with van der Waals surface area (Å²) in [7, 11) is 0. The van der Waals surface area contributed by atoms with Gasteiger partial charge in [0.05, 0.1) is 6.54 Å². The summed E-state index contributed by atoms with van der Waals surface area (Å²) in [6.45, 7) is 3.92. The number of nitrogens with one attached hydrogen (secondary N) is 1. The zero-order chi connectivity index (χ0) is 23.5. The fourth-order valence-electron chi connectivity index (χ4n) is 3.65. The van der Waals surface area contributed by atoms with Crippen LogP contribution < -0.4 is 11.1 Å². The lowest BCUT2D eigenvalue weighted by molar-refractivity contribution is -0.140. The van der Waals surface area contributed by atoms with Crippen molar-refractivity contribution in [2.45, 2.75) is 58.3 Å². The van der Waals surface area contributed by atoms with E-state index < -0.39 is 23.5 Å². The van der Waals surface area contributed by atoms with E-state index in [0.29, 0.717) is 5.56 Å². The first-order valence-corrected chi connectivity index (χ1v) is 10.5. The minimum atomic E-state index is -4.65. The first kappa shape index (κ1) is 23.5. The highest BCUT2D eigenvalue weighted by molar-refractivity contribution is 5.98. The third-order valence-corrected chi connectivity index (χ3v) is 5.14. The van der Waals surface area contributed by atoms with Crippen LogP contribution in [0.4, 0.5) is 13.2 Å². The van der Waals surface area contributed by atoms with Crippen LogP contribution in [0.25, 0.3) is 22.4 Å². The molecule has 0 atom stereocenters. The van der Waals surface area contributed by atoms with E-state index in [0.717, 1.165) is 31.7 Å². The second-order valence-electron chi connectivity index (χ2n) is 7.17. The monoisotopic (exact) mass is 450 g/mol. The first-order valence-electron chi connectivity index (χ1n) is 10.5. The second-order valence-corrected chi connectivity index (χ2v) is 7.17. The summed E-state index contributed by atoms with van der Waals surface area (Å²) in [5.74, 6) is -0.636. The Hall–Kier alpha value is -3.14. The standard InChI is InChI=1S/C20H19F3N4O3.C2H6/c21-20(22,23)15-8-6-11-12(5-7-13(28)16(11)26-15)19-27-17(14(9-24)30-19)18(29)25-10-3-1-2-4-10;1-2/h5-8,10,28H,1-4,9,24H2,(H,25,29);1-2H3. The smallest absolute Gasteiger partial charge is 0.433 e. The van der Waals surface area contributed by atoms with Gasteiger partial charge >= 0.3 is 6.18 Å². The number of halogens is 3. The summed E-state index contributed by atoms with van der Waals surface area (Å²) in [5, 5.41) is 13.1. The fraction of sp³-hybridized carbons (Fsp3) is 0.409. The van der Waals surface area contributed by atoms with Crippen molar-refractivity contribution in [3.8, 4) is 17.2 Å². The van der Waals surface area contributed by atoms with E-state index >= 15 is 0 Å². The molecule has 7 nitrogen and oxygen atoms in total. The van der Waals surface area contributed by atoms with Gasteiger partial charge in [0.25, 0.3) is 5.91 Å². The number of carbonyl (C=O) groups is 1. The molecule has 2 aromatic heterocycles. The average molecular weight is 450 g/mol. The van der Waals surface area contributed by atoms with Gasteiger partial charge in [-0.05, 0) is 37.1 Å². The lowest BCUT2D eigenvalue weighted by Gasteiger charge is -2.10. The topological polar surface area (TPSA) is 114 Å². The number of hydrogen-bond donors (Lipinski definition) is 3. The van der Waals surface area contributed by atoms with Crippen molar-refractivity contribution in [2.75, 3.05) is 0 Å². The largest absolute Gasteiger partial charge is 0.506 e. The van der Waals surface area contributed by atoms with Gasteiger partial charge in [-0.3, -0.25) is 4.79 Å². The summed E-state index contributed by atoms with van der Waals surface area (Å²) in [6, 6.07) is 4.71. The first-order chi connectivity index (χ1) is 15.3. The number of oxazole rings is 1. The Labute approximate surface area is 182 Å². The van der Waals surface area contributed by atoms with E-state index in [-0.39, 0.29) is 40.8 Å². The fourth-order valence-corrected chi connectivity index (χ4v) is 3.65. The van der Waals surface area contributed by atoms with Crippen molar-refractivity contribution >= 4 is 16.8 Å². The summed E-state index contributed by atoms with van der Waals surface area (Å²) in [4.78, 5) is 20.4. The zero-order valence-corrected chi connectivity index (χ0v) is 17.8. The summed E-state index contributed by atoms with van der Waals surface area (Å²) in [5.41, 5.74) is 4.66. The van der Waals surface area contributed by atoms with Gasteiger partial charge in [-0.25, -0.2) is 9.97 Å². The van der Waals surface area contributed by atoms with Crippen LogP contribution >= 0.6 is 0 Å². The molecule has 10 heteroatoms. The molecule has 1 saturated carbocycles. The number of aromatic hydroxyl groups is 1. The van der Waals surface area contributed by atoms with Gasteiger partial charge in [-0.15, -0.1) is 0 Å². The van der Waals surface area contributed by atoms with Crippen molar-refractivity contribution in [2.24, 2.45) is 5.73 Å². The number of carbonyl (C=O) groups excluding carboxylic acids is 1. The van der Waals surface area contributed by atoms with Gasteiger partial charge in [0.15, 0.2) is 11.5 Å². The molecular weight excluding hydrogens is 425 g/mol. The number of rotatable bonds is 4. The number of pyridine rings is 1. The van der Waals surface area contributed by atoms with Gasteiger partial charge in [0, 0.05) is 17.0 Å². The van der Waals surface area contributed by atoms with Crippen molar-refractivity contribution in [1.82, 2.24) is 15.3 Å². The average Bonchev–Trinajstić information content (AvgIpc) is 3.44. The highest BCUT2D eigenvalue weighted by atomic mass is 19.4. The van der Waals surface area contributed by atoms with Gasteiger partial charge in [0.2, 0.25) is 5.89 Å². The lowest BCUT2D eigenvalue weighted by Crippen LogP contribution is -2.33. The highest BCUT2D eigenvalue weighted by Crippen LogP contribution is 2.36. The molecule has 2 heterocycles. The third-order valence-electron chi connectivity index (χ3n) is 5.14. The number of benzene rings is 1. The van der Waals surface area contributed by atoms with Crippen molar-refractivity contribution in [3.63, 3.8) is 0 Å². The van der Waals surface area contributed by atoms with E-state index in [2.05, 4.69) is 15.3 Å². The number of phenolic OH excluding ortho intramolecular Hbond substituents is 1. The molecule has 0 unspecified atom stereocenters. The van der Waals surface area contributed by atoms with E-state index in [1.807, 2.05) is 13.8 Å². The van der Waals surface area contributed by atoms with Gasteiger partial charge < -0.3 is 20.6 Å². The maximum Gasteiger partial charge on any atom is 0.433 e. The number of nitrogens with two attached hydrogens (primary N) is 1. The molecule has 0 bridgehead atoms. The Kier molecular flexibility index (Phi) is 7.02. The molecule has 0 radical (unpaired) electrons. The number of fused-ring (bicyclic) bond motifs is 1. The lowest BCUT2D eigenvalue weighted by atomic mass is 10.1. The number of phenols is 1. The maximum atomic E-state index is 13.0. The molecule has 1 aliphatic rings. The van der Waals surface area contributed by atoms with E-state index in [1.54, 1.807) is 0 Å². The van der Waals surface area contributed by atoms with Crippen LogP contribution in [0, 0.1) is 0 Å². The molecule has 0 saturated heterocycles. The Morgan fingerprint density at radius 3 is 2.50 bits per heavy atom. The molecule has 1 fully saturated rings. The normalized spacial score (nSPS) is 14.3. The Morgan fingerprint density at radius 2 is 1.88 bits per heavy atom. The SMILES string of the molecule is CC.NCc1oc(-c2ccc(O)c3nc(C(F)(F)F)ccc23)nc1C(=O)NC1CCCC1.